The highest BCUT2D eigenvalue weighted by atomic mass is 19.4. The second-order valence-electron chi connectivity index (χ2n) is 12.2. The number of rotatable bonds is 11. The van der Waals surface area contributed by atoms with Crippen LogP contribution in [0.1, 0.15) is 43.3 Å². The van der Waals surface area contributed by atoms with Gasteiger partial charge in [0.1, 0.15) is 17.7 Å². The zero-order valence-corrected chi connectivity index (χ0v) is 31.0. The molecule has 1 amide bonds. The van der Waals surface area contributed by atoms with Crippen LogP contribution < -0.4 is 15.8 Å². The van der Waals surface area contributed by atoms with Gasteiger partial charge < -0.3 is 35.5 Å². The fourth-order valence-electron chi connectivity index (χ4n) is 5.12. The van der Waals surface area contributed by atoms with Crippen molar-refractivity contribution >= 4 is 40.1 Å². The molecule has 0 fully saturated rings. The van der Waals surface area contributed by atoms with E-state index in [-0.39, 0.29) is 18.1 Å². The first-order valence-electron chi connectivity index (χ1n) is 17.0. The third kappa shape index (κ3) is 12.6. The summed E-state index contributed by atoms with van der Waals surface area (Å²) >= 11 is 0. The number of nitrogens with one attached hydrogen (secondary N) is 1. The van der Waals surface area contributed by atoms with Crippen LogP contribution in [0, 0.1) is 5.82 Å². The molecule has 0 aliphatic heterocycles. The molecule has 12 nitrogen and oxygen atoms in total. The summed E-state index contributed by atoms with van der Waals surface area (Å²) in [5.41, 5.74) is 9.85. The summed E-state index contributed by atoms with van der Waals surface area (Å²) < 4.78 is 87.5. The SMILES string of the molecule is CCOc1cc(CC)cc(C(Nc2ccc3c(N)nccc3c2)c2nc(-c3ccccc3)cn2CCC(=O)N(C)C)c1F.O=C(O)C(F)(F)F.O=C(O)C(F)(F)F. The van der Waals surface area contributed by atoms with Gasteiger partial charge in [-0.25, -0.2) is 23.9 Å². The average Bonchev–Trinajstić information content (AvgIpc) is 3.58. The Morgan fingerprint density at radius 2 is 1.54 bits per heavy atom. The zero-order valence-electron chi connectivity index (χ0n) is 31.0. The lowest BCUT2D eigenvalue weighted by Gasteiger charge is -2.24. The maximum Gasteiger partial charge on any atom is 0.490 e. The second-order valence-corrected chi connectivity index (χ2v) is 12.2. The van der Waals surface area contributed by atoms with Gasteiger partial charge in [0.05, 0.1) is 12.3 Å². The average molecular weight is 809 g/mol. The van der Waals surface area contributed by atoms with Crippen LogP contribution in [-0.4, -0.2) is 80.5 Å². The Morgan fingerprint density at radius 1 is 0.930 bits per heavy atom. The van der Waals surface area contributed by atoms with Crippen molar-refractivity contribution in [3.05, 3.63) is 102 Å². The number of pyridine rings is 1. The third-order valence-corrected chi connectivity index (χ3v) is 7.94. The minimum absolute atomic E-state index is 0.0102. The molecule has 3 aromatic carbocycles. The minimum Gasteiger partial charge on any atom is -0.491 e. The standard InChI is InChI=1S/C34H37FN6O2.2C2HF3O2/c1-5-22-18-27(31(35)29(19-22)43-6-2)32(38-25-12-13-26-24(20-25)14-16-37-33(26)36)34-39-28(23-10-8-7-9-11-23)21-41(34)17-15-30(42)40(3)4;2*3-2(4,5)1(6)7/h7-14,16,18-21,32,38H,5-6,15,17H2,1-4H3,(H2,36,37);2*(H,6,7). The van der Waals surface area contributed by atoms with E-state index < -0.39 is 36.2 Å². The summed E-state index contributed by atoms with van der Waals surface area (Å²) in [6.45, 7) is 4.57. The Morgan fingerprint density at radius 3 is 2.09 bits per heavy atom. The monoisotopic (exact) mass is 808 g/mol. The number of nitrogens with two attached hydrogens (primary N) is 1. The molecule has 0 radical (unpaired) electrons. The molecule has 2 aromatic heterocycles. The number of alkyl halides is 6. The van der Waals surface area contributed by atoms with Crippen molar-refractivity contribution in [2.45, 2.75) is 51.6 Å². The van der Waals surface area contributed by atoms with Gasteiger partial charge >= 0.3 is 24.3 Å². The highest BCUT2D eigenvalue weighted by molar-refractivity contribution is 5.93. The fraction of sp³-hybridized carbons (Fsp3) is 0.289. The molecule has 5 aromatic rings. The number of imidazole rings is 1. The largest absolute Gasteiger partial charge is 0.491 e. The number of nitrogens with zero attached hydrogens (tertiary/aromatic N) is 4. The molecule has 0 aliphatic rings. The molecule has 0 saturated carbocycles. The van der Waals surface area contributed by atoms with Crippen LogP contribution in [0.25, 0.3) is 22.0 Å². The normalized spacial score (nSPS) is 11.7. The van der Waals surface area contributed by atoms with Crippen LogP contribution in [-0.2, 0) is 27.3 Å². The van der Waals surface area contributed by atoms with E-state index in [0.717, 1.165) is 33.3 Å². The lowest BCUT2D eigenvalue weighted by Crippen LogP contribution is -2.24. The van der Waals surface area contributed by atoms with Crippen molar-refractivity contribution in [3.8, 4) is 17.0 Å². The van der Waals surface area contributed by atoms with Crippen LogP contribution >= 0.6 is 0 Å². The van der Waals surface area contributed by atoms with E-state index >= 15 is 4.39 Å². The maximum absolute atomic E-state index is 16.3. The number of carbonyl (C=O) groups excluding carboxylic acids is 1. The lowest BCUT2D eigenvalue weighted by atomic mass is 9.99. The molecule has 0 aliphatic carbocycles. The molecule has 1 unspecified atom stereocenters. The van der Waals surface area contributed by atoms with Crippen LogP contribution in [0.15, 0.2) is 79.1 Å². The fourth-order valence-corrected chi connectivity index (χ4v) is 5.12. The molecule has 0 spiro atoms. The summed E-state index contributed by atoms with van der Waals surface area (Å²) in [5, 5.41) is 19.5. The quantitative estimate of drug-likeness (QED) is 0.0968. The second kappa shape index (κ2) is 19.5. The van der Waals surface area contributed by atoms with Gasteiger partial charge in [-0.15, -0.1) is 0 Å². The molecule has 306 valence electrons. The van der Waals surface area contributed by atoms with Gasteiger partial charge in [0, 0.05) is 61.7 Å². The summed E-state index contributed by atoms with van der Waals surface area (Å²) in [6, 6.07) is 20.4. The Kier molecular flexibility index (Phi) is 15.4. The first-order chi connectivity index (χ1) is 26.7. The van der Waals surface area contributed by atoms with Gasteiger partial charge in [0.25, 0.3) is 0 Å². The minimum atomic E-state index is -5.08. The summed E-state index contributed by atoms with van der Waals surface area (Å²) in [5.74, 6) is -4.76. The lowest BCUT2D eigenvalue weighted by molar-refractivity contribution is -0.193. The number of amides is 1. The van der Waals surface area contributed by atoms with Crippen molar-refractivity contribution in [1.82, 2.24) is 19.4 Å². The molecule has 5 rings (SSSR count). The number of halogens is 7. The van der Waals surface area contributed by atoms with Crippen molar-refractivity contribution in [2.75, 3.05) is 31.8 Å². The molecular formula is C38H39F7N6O6. The first kappa shape index (κ1) is 45.0. The van der Waals surface area contributed by atoms with E-state index in [1.807, 2.05) is 85.3 Å². The van der Waals surface area contributed by atoms with Gasteiger partial charge in [-0.3, -0.25) is 4.79 Å². The Labute approximate surface area is 321 Å². The number of hydrogen-bond acceptors (Lipinski definition) is 8. The number of nitrogen functional groups attached to an aromatic ring is 1. The smallest absolute Gasteiger partial charge is 0.490 e. The third-order valence-electron chi connectivity index (χ3n) is 7.94. The van der Waals surface area contributed by atoms with E-state index in [0.29, 0.717) is 36.8 Å². The zero-order chi connectivity index (χ0) is 42.7. The number of hydrogen-bond donors (Lipinski definition) is 4. The molecule has 0 bridgehead atoms. The molecule has 0 saturated heterocycles. The van der Waals surface area contributed by atoms with E-state index in [1.165, 1.54) is 0 Å². The summed E-state index contributed by atoms with van der Waals surface area (Å²) in [4.78, 5) is 41.2. The van der Waals surface area contributed by atoms with E-state index in [1.54, 1.807) is 31.3 Å². The van der Waals surface area contributed by atoms with Gasteiger partial charge in [-0.2, -0.15) is 26.3 Å². The maximum atomic E-state index is 16.3. The van der Waals surface area contributed by atoms with E-state index in [4.69, 9.17) is 35.3 Å². The summed E-state index contributed by atoms with van der Waals surface area (Å²) in [6.07, 6.45) is -5.61. The van der Waals surface area contributed by atoms with Crippen molar-refractivity contribution in [3.63, 3.8) is 0 Å². The number of carboxylic acids is 2. The van der Waals surface area contributed by atoms with Gasteiger partial charge in [0.15, 0.2) is 11.6 Å². The molecular weight excluding hydrogens is 769 g/mol. The molecule has 57 heavy (non-hydrogen) atoms. The Bertz CT molecular complexity index is 2130. The topological polar surface area (TPSA) is 173 Å². The van der Waals surface area contributed by atoms with E-state index in [9.17, 15) is 31.1 Å². The first-order valence-corrected chi connectivity index (χ1v) is 17.0. The predicted molar refractivity (Wildman–Crippen MR) is 197 cm³/mol. The molecule has 5 N–H and O–H groups in total. The number of ether oxygens (including phenoxy) is 1. The number of benzene rings is 3. The van der Waals surface area contributed by atoms with Gasteiger partial charge in [-0.1, -0.05) is 43.3 Å². The number of fused-ring (bicyclic) bond motifs is 1. The van der Waals surface area contributed by atoms with Crippen LogP contribution in [0.5, 0.6) is 5.75 Å². The van der Waals surface area contributed by atoms with Crippen LogP contribution in [0.2, 0.25) is 0 Å². The van der Waals surface area contributed by atoms with Crippen molar-refractivity contribution in [1.29, 1.82) is 0 Å². The molecule has 19 heteroatoms. The number of carbonyl (C=O) groups is 3. The highest BCUT2D eigenvalue weighted by Crippen LogP contribution is 2.36. The Balaban J connectivity index is 0.000000531. The highest BCUT2D eigenvalue weighted by Gasteiger charge is 2.39. The number of carboxylic acid groups (broad SMARTS) is 2. The van der Waals surface area contributed by atoms with Crippen molar-refractivity contribution < 1.29 is 60.1 Å². The predicted octanol–water partition coefficient (Wildman–Crippen LogP) is 7.73. The van der Waals surface area contributed by atoms with Crippen LogP contribution in [0.4, 0.5) is 42.2 Å². The van der Waals surface area contributed by atoms with Crippen LogP contribution in [0.3, 0.4) is 0 Å². The Hall–Kier alpha value is -6.40. The number of aliphatic carboxylic acids is 2. The number of aryl methyl sites for hydroxylation is 2. The van der Waals surface area contributed by atoms with Gasteiger partial charge in [0.2, 0.25) is 5.91 Å². The van der Waals surface area contributed by atoms with Gasteiger partial charge in [-0.05, 0) is 54.6 Å². The van der Waals surface area contributed by atoms with E-state index in [2.05, 4.69) is 10.3 Å². The number of aromatic nitrogens is 3. The number of anilines is 2. The molecule has 1 atom stereocenters. The molecule has 2 heterocycles. The van der Waals surface area contributed by atoms with Crippen molar-refractivity contribution in [2.24, 2.45) is 0 Å². The summed E-state index contributed by atoms with van der Waals surface area (Å²) in [7, 11) is 3.47.